The van der Waals surface area contributed by atoms with Crippen molar-refractivity contribution in [1.29, 1.82) is 0 Å². The average Bonchev–Trinajstić information content (AvgIpc) is 2.54. The van der Waals surface area contributed by atoms with Crippen LogP contribution in [0.3, 0.4) is 0 Å². The van der Waals surface area contributed by atoms with Crippen LogP contribution in [0.1, 0.15) is 18.9 Å². The van der Waals surface area contributed by atoms with E-state index < -0.39 is 0 Å². The van der Waals surface area contributed by atoms with Gasteiger partial charge in [0, 0.05) is 34.9 Å². The van der Waals surface area contributed by atoms with E-state index in [-0.39, 0.29) is 17.3 Å². The first-order valence-electron chi connectivity index (χ1n) is 7.39. The summed E-state index contributed by atoms with van der Waals surface area (Å²) in [6.45, 7) is 5.91. The number of allylic oxidation sites excluding steroid dienone is 5. The molecule has 2 rings (SSSR count). The first-order valence-corrected chi connectivity index (χ1v) is 7.39. The van der Waals surface area contributed by atoms with Gasteiger partial charge in [-0.3, -0.25) is 0 Å². The van der Waals surface area contributed by atoms with Crippen molar-refractivity contribution < 1.29 is 24.8 Å². The second kappa shape index (κ2) is 7.46. The second-order valence-electron chi connectivity index (χ2n) is 5.12. The number of rotatable bonds is 3. The molecule has 5 heteroatoms. The van der Waals surface area contributed by atoms with Gasteiger partial charge < -0.3 is 24.8 Å². The highest BCUT2D eigenvalue weighted by atomic mass is 16.5. The fourth-order valence-corrected chi connectivity index (χ4v) is 2.37. The number of hydrogen-bond acceptors (Lipinski definition) is 5. The Morgan fingerprint density at radius 2 is 1.96 bits per heavy atom. The topological polar surface area (TPSA) is 79.2 Å². The summed E-state index contributed by atoms with van der Waals surface area (Å²) in [6, 6.07) is 4.24. The number of ether oxygens (including phenoxy) is 2. The molecule has 0 fully saturated rings. The van der Waals surface area contributed by atoms with Gasteiger partial charge in [-0.25, -0.2) is 0 Å². The number of aliphatic hydroxyl groups excluding tert-OH is 1. The summed E-state index contributed by atoms with van der Waals surface area (Å²) in [6.07, 6.45) is 6.36. The Kier molecular flexibility index (Phi) is 5.37. The first-order chi connectivity index (χ1) is 11.5. The van der Waals surface area contributed by atoms with Crippen molar-refractivity contribution in [2.75, 3.05) is 7.11 Å². The minimum Gasteiger partial charge on any atom is -0.508 e. The number of phenolic OH excluding ortho intramolecular Hbond substituents is 2. The smallest absolute Gasteiger partial charge is 0.127 e. The van der Waals surface area contributed by atoms with Gasteiger partial charge in [0.1, 0.15) is 23.0 Å². The predicted octanol–water partition coefficient (Wildman–Crippen LogP) is 4.29. The highest BCUT2D eigenvalue weighted by molar-refractivity contribution is 5.85. The van der Waals surface area contributed by atoms with Crippen molar-refractivity contribution in [1.82, 2.24) is 0 Å². The van der Waals surface area contributed by atoms with Gasteiger partial charge >= 0.3 is 0 Å². The van der Waals surface area contributed by atoms with Crippen LogP contribution in [0.2, 0.25) is 0 Å². The number of benzene rings is 1. The van der Waals surface area contributed by atoms with Crippen LogP contribution in [-0.2, 0) is 9.47 Å². The van der Waals surface area contributed by atoms with Crippen LogP contribution in [-0.4, -0.2) is 22.4 Å². The van der Waals surface area contributed by atoms with Crippen LogP contribution >= 0.6 is 0 Å². The zero-order valence-corrected chi connectivity index (χ0v) is 13.6. The van der Waals surface area contributed by atoms with Crippen molar-refractivity contribution in [2.24, 2.45) is 0 Å². The number of phenols is 2. The highest BCUT2D eigenvalue weighted by Crippen LogP contribution is 2.37. The van der Waals surface area contributed by atoms with Gasteiger partial charge in [0.15, 0.2) is 0 Å². The lowest BCUT2D eigenvalue weighted by atomic mass is 9.91. The Morgan fingerprint density at radius 3 is 2.58 bits per heavy atom. The molecule has 1 aliphatic rings. The van der Waals surface area contributed by atoms with E-state index in [4.69, 9.17) is 9.47 Å². The molecule has 0 unspecified atom stereocenters. The molecule has 126 valence electrons. The molecule has 0 saturated carbocycles. The summed E-state index contributed by atoms with van der Waals surface area (Å²) in [7, 11) is 1.49. The third kappa shape index (κ3) is 3.63. The molecule has 1 aromatic rings. The lowest BCUT2D eigenvalue weighted by Gasteiger charge is -2.17. The summed E-state index contributed by atoms with van der Waals surface area (Å²) in [5.74, 6) is 0.283. The van der Waals surface area contributed by atoms with E-state index in [9.17, 15) is 15.3 Å². The molecule has 1 heterocycles. The van der Waals surface area contributed by atoms with E-state index in [1.54, 1.807) is 12.1 Å². The summed E-state index contributed by atoms with van der Waals surface area (Å²) in [4.78, 5) is 0. The summed E-state index contributed by atoms with van der Waals surface area (Å²) in [5.41, 5.74) is 2.01. The van der Waals surface area contributed by atoms with Crippen LogP contribution in [0, 0.1) is 0 Å². The molecule has 0 aliphatic carbocycles. The normalized spacial score (nSPS) is 24.2. The third-order valence-electron chi connectivity index (χ3n) is 3.64. The van der Waals surface area contributed by atoms with Crippen LogP contribution in [0.15, 0.2) is 72.1 Å². The molecular weight excluding hydrogens is 308 g/mol. The molecule has 0 amide bonds. The van der Waals surface area contributed by atoms with E-state index in [1.807, 2.05) is 6.92 Å². The lowest BCUT2D eigenvalue weighted by molar-refractivity contribution is 0.298. The summed E-state index contributed by atoms with van der Waals surface area (Å²) < 4.78 is 10.5. The SMILES string of the molecule is C=C1/C(CC)=C(O)/C=C(OC)\C=C\O/C=C\1c1ccc(O)cc1O. The molecule has 1 aliphatic heterocycles. The number of hydrogen-bond donors (Lipinski definition) is 3. The van der Waals surface area contributed by atoms with Gasteiger partial charge in [0.25, 0.3) is 0 Å². The van der Waals surface area contributed by atoms with Crippen LogP contribution < -0.4 is 0 Å². The van der Waals surface area contributed by atoms with Gasteiger partial charge in [-0.05, 0) is 24.1 Å². The molecule has 0 bridgehead atoms. The molecule has 0 radical (unpaired) electrons. The maximum absolute atomic E-state index is 10.4. The van der Waals surface area contributed by atoms with E-state index in [0.717, 1.165) is 0 Å². The summed E-state index contributed by atoms with van der Waals surface area (Å²) in [5, 5.41) is 30.0. The van der Waals surface area contributed by atoms with E-state index in [0.29, 0.717) is 34.5 Å². The van der Waals surface area contributed by atoms with Crippen molar-refractivity contribution in [3.05, 3.63) is 77.7 Å². The van der Waals surface area contributed by atoms with Gasteiger partial charge in [0.2, 0.25) is 0 Å². The fourth-order valence-electron chi connectivity index (χ4n) is 2.37. The molecule has 0 atom stereocenters. The van der Waals surface area contributed by atoms with Crippen molar-refractivity contribution >= 4 is 5.57 Å². The van der Waals surface area contributed by atoms with Gasteiger partial charge in [-0.1, -0.05) is 13.5 Å². The molecule has 0 saturated heterocycles. The van der Waals surface area contributed by atoms with E-state index >= 15 is 0 Å². The Balaban J connectivity index is 2.60. The zero-order valence-electron chi connectivity index (χ0n) is 13.6. The second-order valence-corrected chi connectivity index (χ2v) is 5.12. The van der Waals surface area contributed by atoms with Gasteiger partial charge in [-0.2, -0.15) is 0 Å². The van der Waals surface area contributed by atoms with Crippen LogP contribution in [0.5, 0.6) is 11.5 Å². The number of aliphatic hydroxyl groups is 1. The Morgan fingerprint density at radius 1 is 1.21 bits per heavy atom. The van der Waals surface area contributed by atoms with Crippen LogP contribution in [0.4, 0.5) is 0 Å². The minimum atomic E-state index is -0.116. The predicted molar refractivity (Wildman–Crippen MR) is 92.2 cm³/mol. The monoisotopic (exact) mass is 328 g/mol. The highest BCUT2D eigenvalue weighted by Gasteiger charge is 2.17. The molecular formula is C19H20O5. The van der Waals surface area contributed by atoms with Gasteiger partial charge in [0.05, 0.1) is 19.6 Å². The van der Waals surface area contributed by atoms with Crippen molar-refractivity contribution in [3.63, 3.8) is 0 Å². The molecule has 24 heavy (non-hydrogen) atoms. The minimum absolute atomic E-state index is 0.0232. The molecule has 0 aromatic heterocycles. The zero-order chi connectivity index (χ0) is 17.7. The van der Waals surface area contributed by atoms with Crippen molar-refractivity contribution in [3.8, 4) is 11.5 Å². The van der Waals surface area contributed by atoms with Crippen LogP contribution in [0.25, 0.3) is 5.57 Å². The quantitative estimate of drug-likeness (QED) is 0.771. The number of aromatic hydroxyl groups is 2. The largest absolute Gasteiger partial charge is 0.508 e. The van der Waals surface area contributed by atoms with E-state index in [1.165, 1.54) is 37.8 Å². The van der Waals surface area contributed by atoms with Crippen molar-refractivity contribution in [2.45, 2.75) is 13.3 Å². The molecule has 0 spiro atoms. The van der Waals surface area contributed by atoms with Gasteiger partial charge in [-0.15, -0.1) is 0 Å². The first kappa shape index (κ1) is 17.3. The Labute approximate surface area is 140 Å². The molecule has 5 nitrogen and oxygen atoms in total. The Hall–Kier alpha value is -3.08. The maximum atomic E-state index is 10.4. The maximum Gasteiger partial charge on any atom is 0.127 e. The van der Waals surface area contributed by atoms with E-state index in [2.05, 4.69) is 6.58 Å². The summed E-state index contributed by atoms with van der Waals surface area (Å²) >= 11 is 0. The third-order valence-corrected chi connectivity index (χ3v) is 3.64. The molecule has 1 aromatic carbocycles. The Bertz CT molecular complexity index is 766. The molecule has 3 N–H and O–H groups in total. The number of methoxy groups -OCH3 is 1. The standard InChI is InChI=1S/C19H20O5/c1-4-15-12(2)17(16-6-5-13(20)9-18(16)21)11-24-8-7-14(23-3)10-19(15)22/h5-11,20-22H,2,4H2,1,3H3/b8-7+,14-10+,17-11+,19-15-. The lowest BCUT2D eigenvalue weighted by Crippen LogP contribution is -1.99. The average molecular weight is 328 g/mol. The fraction of sp³-hybridized carbons (Fsp3) is 0.158.